The van der Waals surface area contributed by atoms with Crippen molar-refractivity contribution in [1.82, 2.24) is 0 Å². The Balaban J connectivity index is 2.00. The zero-order valence-corrected chi connectivity index (χ0v) is 17.7. The zero-order valence-electron chi connectivity index (χ0n) is 17.7. The van der Waals surface area contributed by atoms with E-state index >= 15 is 0 Å². The highest BCUT2D eigenvalue weighted by Crippen LogP contribution is 2.36. The van der Waals surface area contributed by atoms with Crippen LogP contribution in [0.5, 0.6) is 11.5 Å². The lowest BCUT2D eigenvalue weighted by Crippen LogP contribution is -2.36. The molecule has 0 aliphatic carbocycles. The summed E-state index contributed by atoms with van der Waals surface area (Å²) < 4.78 is 16.5. The number of benzene rings is 3. The fourth-order valence-electron chi connectivity index (χ4n) is 3.27. The van der Waals surface area contributed by atoms with Gasteiger partial charge in [0, 0.05) is 0 Å². The lowest BCUT2D eigenvalue weighted by atomic mass is 9.90. The van der Waals surface area contributed by atoms with Crippen molar-refractivity contribution in [3.05, 3.63) is 72.3 Å². The van der Waals surface area contributed by atoms with Crippen molar-refractivity contribution in [2.45, 2.75) is 25.7 Å². The maximum Gasteiger partial charge on any atom is 0.118 e. The minimum Gasteiger partial charge on any atom is -0.497 e. The maximum atomic E-state index is 9.61. The predicted molar refractivity (Wildman–Crippen MR) is 120 cm³/mol. The molecule has 5 nitrogen and oxygen atoms in total. The summed E-state index contributed by atoms with van der Waals surface area (Å²) in [6.07, 6.45) is -0.614. The SMILES string of the molecule is COc1ccc(-c2cccc(COCC(N)C(C)O)c2-c2ccc(OC)cc2)cc1. The van der Waals surface area contributed by atoms with Gasteiger partial charge in [-0.2, -0.15) is 0 Å². The topological polar surface area (TPSA) is 73.9 Å². The van der Waals surface area contributed by atoms with E-state index in [4.69, 9.17) is 19.9 Å². The van der Waals surface area contributed by atoms with Gasteiger partial charge in [0.1, 0.15) is 11.5 Å². The Labute approximate surface area is 178 Å². The molecule has 0 spiro atoms. The standard InChI is InChI=1S/C25H29NO4/c1-17(27)24(26)16-30-15-20-5-4-6-23(18-7-11-21(28-2)12-8-18)25(20)19-9-13-22(29-3)14-10-19/h4-14,17,24,27H,15-16,26H2,1-3H3. The van der Waals surface area contributed by atoms with Crippen LogP contribution in [0.1, 0.15) is 12.5 Å². The first-order chi connectivity index (χ1) is 14.5. The van der Waals surface area contributed by atoms with Crippen molar-refractivity contribution in [2.24, 2.45) is 5.73 Å². The molecule has 5 heteroatoms. The number of aliphatic hydroxyl groups is 1. The Kier molecular flexibility index (Phi) is 7.46. The lowest BCUT2D eigenvalue weighted by molar-refractivity contribution is 0.0623. The Morgan fingerprint density at radius 1 is 0.833 bits per heavy atom. The number of methoxy groups -OCH3 is 2. The predicted octanol–water partition coefficient (Wildman–Crippen LogP) is 4.26. The van der Waals surface area contributed by atoms with Gasteiger partial charge < -0.3 is 25.1 Å². The third-order valence-electron chi connectivity index (χ3n) is 5.12. The van der Waals surface area contributed by atoms with Crippen LogP contribution >= 0.6 is 0 Å². The second kappa shape index (κ2) is 10.3. The fraction of sp³-hybridized carbons (Fsp3) is 0.280. The van der Waals surface area contributed by atoms with Crippen LogP contribution in [0, 0.1) is 0 Å². The molecule has 2 atom stereocenters. The smallest absolute Gasteiger partial charge is 0.118 e. The van der Waals surface area contributed by atoms with Gasteiger partial charge in [-0.15, -0.1) is 0 Å². The molecule has 3 rings (SSSR count). The van der Waals surface area contributed by atoms with E-state index in [0.29, 0.717) is 6.61 Å². The zero-order chi connectivity index (χ0) is 21.5. The van der Waals surface area contributed by atoms with E-state index in [1.807, 2.05) is 42.5 Å². The van der Waals surface area contributed by atoms with Gasteiger partial charge in [0.15, 0.2) is 0 Å². The Bertz CT molecular complexity index is 936. The van der Waals surface area contributed by atoms with Crippen LogP contribution in [0.15, 0.2) is 66.7 Å². The van der Waals surface area contributed by atoms with Crippen molar-refractivity contribution >= 4 is 0 Å². The van der Waals surface area contributed by atoms with Gasteiger partial charge in [-0.3, -0.25) is 0 Å². The molecular weight excluding hydrogens is 378 g/mol. The number of hydrogen-bond acceptors (Lipinski definition) is 5. The number of hydrogen-bond donors (Lipinski definition) is 2. The van der Waals surface area contributed by atoms with E-state index in [0.717, 1.165) is 39.3 Å². The molecule has 0 aromatic heterocycles. The molecule has 0 saturated carbocycles. The fourth-order valence-corrected chi connectivity index (χ4v) is 3.27. The van der Waals surface area contributed by atoms with Crippen LogP contribution in [0.25, 0.3) is 22.3 Å². The summed E-state index contributed by atoms with van der Waals surface area (Å²) in [6.45, 7) is 2.35. The van der Waals surface area contributed by atoms with Crippen LogP contribution < -0.4 is 15.2 Å². The van der Waals surface area contributed by atoms with Crippen LogP contribution in [-0.2, 0) is 11.3 Å². The number of ether oxygens (including phenoxy) is 3. The van der Waals surface area contributed by atoms with Crippen molar-refractivity contribution in [1.29, 1.82) is 0 Å². The summed E-state index contributed by atoms with van der Waals surface area (Å²) >= 11 is 0. The largest absolute Gasteiger partial charge is 0.497 e. The molecule has 0 saturated heterocycles. The molecule has 2 unspecified atom stereocenters. The maximum absolute atomic E-state index is 9.61. The quantitative estimate of drug-likeness (QED) is 0.554. The molecule has 158 valence electrons. The van der Waals surface area contributed by atoms with Crippen molar-refractivity contribution < 1.29 is 19.3 Å². The Hall–Kier alpha value is -2.86. The van der Waals surface area contributed by atoms with Gasteiger partial charge in [0.2, 0.25) is 0 Å². The first kappa shape index (κ1) is 21.8. The normalized spacial score (nSPS) is 13.0. The van der Waals surface area contributed by atoms with Gasteiger partial charge >= 0.3 is 0 Å². The van der Waals surface area contributed by atoms with Crippen LogP contribution in [0.4, 0.5) is 0 Å². The van der Waals surface area contributed by atoms with Crippen molar-refractivity contribution in [3.63, 3.8) is 0 Å². The summed E-state index contributed by atoms with van der Waals surface area (Å²) in [4.78, 5) is 0. The minimum absolute atomic E-state index is 0.284. The third kappa shape index (κ3) is 5.19. The summed E-state index contributed by atoms with van der Waals surface area (Å²) in [6, 6.07) is 21.8. The van der Waals surface area contributed by atoms with Gasteiger partial charge in [-0.05, 0) is 59.0 Å². The van der Waals surface area contributed by atoms with E-state index < -0.39 is 12.1 Å². The summed E-state index contributed by atoms with van der Waals surface area (Å²) in [7, 11) is 3.32. The second-order valence-corrected chi connectivity index (χ2v) is 7.22. The molecule has 0 fully saturated rings. The average Bonchev–Trinajstić information content (AvgIpc) is 2.79. The first-order valence-electron chi connectivity index (χ1n) is 9.95. The van der Waals surface area contributed by atoms with E-state index in [1.54, 1.807) is 21.1 Å². The summed E-state index contributed by atoms with van der Waals surface area (Å²) in [5.74, 6) is 1.62. The summed E-state index contributed by atoms with van der Waals surface area (Å²) in [5, 5.41) is 9.61. The van der Waals surface area contributed by atoms with Gasteiger partial charge in [-0.1, -0.05) is 42.5 Å². The molecule has 0 aliphatic heterocycles. The van der Waals surface area contributed by atoms with E-state index in [-0.39, 0.29) is 6.61 Å². The van der Waals surface area contributed by atoms with E-state index in [1.165, 1.54) is 0 Å². The van der Waals surface area contributed by atoms with Crippen molar-refractivity contribution in [3.8, 4) is 33.8 Å². The molecule has 0 amide bonds. The highest BCUT2D eigenvalue weighted by Gasteiger charge is 2.15. The second-order valence-electron chi connectivity index (χ2n) is 7.22. The van der Waals surface area contributed by atoms with Gasteiger partial charge in [0.05, 0.1) is 39.6 Å². The van der Waals surface area contributed by atoms with E-state index in [2.05, 4.69) is 24.3 Å². The van der Waals surface area contributed by atoms with Crippen molar-refractivity contribution in [2.75, 3.05) is 20.8 Å². The Morgan fingerprint density at radius 2 is 1.40 bits per heavy atom. The number of aliphatic hydroxyl groups excluding tert-OH is 1. The number of rotatable bonds is 9. The molecule has 0 aliphatic rings. The minimum atomic E-state index is -0.614. The van der Waals surface area contributed by atoms with Gasteiger partial charge in [-0.25, -0.2) is 0 Å². The monoisotopic (exact) mass is 407 g/mol. The van der Waals surface area contributed by atoms with Crippen LogP contribution in [-0.4, -0.2) is 38.1 Å². The molecule has 0 bridgehead atoms. The van der Waals surface area contributed by atoms with Crippen LogP contribution in [0.3, 0.4) is 0 Å². The lowest BCUT2D eigenvalue weighted by Gasteiger charge is -2.18. The molecule has 30 heavy (non-hydrogen) atoms. The number of nitrogens with two attached hydrogens (primary N) is 1. The Morgan fingerprint density at radius 3 is 1.93 bits per heavy atom. The third-order valence-corrected chi connectivity index (χ3v) is 5.12. The molecule has 3 aromatic rings. The van der Waals surface area contributed by atoms with Gasteiger partial charge in [0.25, 0.3) is 0 Å². The van der Waals surface area contributed by atoms with E-state index in [9.17, 15) is 5.11 Å². The first-order valence-corrected chi connectivity index (χ1v) is 9.95. The van der Waals surface area contributed by atoms with Crippen LogP contribution in [0.2, 0.25) is 0 Å². The summed E-state index contributed by atoms with van der Waals surface area (Å²) in [5.41, 5.74) is 11.3. The average molecular weight is 408 g/mol. The molecule has 0 radical (unpaired) electrons. The highest BCUT2D eigenvalue weighted by molar-refractivity contribution is 5.86. The molecule has 3 aromatic carbocycles. The molecule has 3 N–H and O–H groups in total. The highest BCUT2D eigenvalue weighted by atomic mass is 16.5. The molecule has 0 heterocycles. The molecular formula is C25H29NO4.